The number of aromatic nitrogens is 2. The fraction of sp³-hybridized carbons (Fsp3) is 0.700. The molecule has 0 bridgehead atoms. The summed E-state index contributed by atoms with van der Waals surface area (Å²) in [5.74, 6) is 0. The zero-order valence-corrected chi connectivity index (χ0v) is 8.38. The van der Waals surface area contributed by atoms with E-state index in [0.717, 1.165) is 13.0 Å². The number of imidazole rings is 1. The highest BCUT2D eigenvalue weighted by molar-refractivity contribution is 5.06. The summed E-state index contributed by atoms with van der Waals surface area (Å²) in [5.41, 5.74) is 1.62. The van der Waals surface area contributed by atoms with Crippen LogP contribution in [0.15, 0.2) is 12.5 Å². The number of aryl methyl sites for hydroxylation is 1. The van der Waals surface area contributed by atoms with Crippen molar-refractivity contribution in [1.29, 1.82) is 0 Å². The molecule has 13 heavy (non-hydrogen) atoms. The molecule has 1 aromatic rings. The number of nitrogens with one attached hydrogen (secondary N) is 1. The van der Waals surface area contributed by atoms with E-state index in [-0.39, 0.29) is 0 Å². The average molecular weight is 179 g/mol. The van der Waals surface area contributed by atoms with Crippen LogP contribution in [0.25, 0.3) is 0 Å². The van der Waals surface area contributed by atoms with Gasteiger partial charge in [-0.25, -0.2) is 4.98 Å². The van der Waals surface area contributed by atoms with Gasteiger partial charge in [-0.05, 0) is 26.3 Å². The molecule has 1 aliphatic rings. The molecule has 1 fully saturated rings. The second-order valence-electron chi connectivity index (χ2n) is 4.26. The first kappa shape index (κ1) is 8.75. The average Bonchev–Trinajstić information content (AvgIpc) is 2.64. The third-order valence-electron chi connectivity index (χ3n) is 2.94. The lowest BCUT2D eigenvalue weighted by molar-refractivity contribution is 0.404. The predicted molar refractivity (Wildman–Crippen MR) is 52.6 cm³/mol. The molecule has 1 aromatic heterocycles. The Hall–Kier alpha value is -0.830. The zero-order valence-electron chi connectivity index (χ0n) is 8.38. The number of nitrogens with zero attached hydrogens (tertiary/aromatic N) is 2. The number of hydrogen-bond acceptors (Lipinski definition) is 2. The second-order valence-corrected chi connectivity index (χ2v) is 4.26. The van der Waals surface area contributed by atoms with Gasteiger partial charge in [-0.2, -0.15) is 0 Å². The summed E-state index contributed by atoms with van der Waals surface area (Å²) in [7, 11) is 2.06. The van der Waals surface area contributed by atoms with Crippen LogP contribution < -0.4 is 5.32 Å². The Labute approximate surface area is 79.2 Å². The molecule has 0 spiro atoms. The fourth-order valence-corrected chi connectivity index (χ4v) is 2.06. The molecule has 1 saturated heterocycles. The molecule has 2 heterocycles. The molecule has 0 radical (unpaired) electrons. The van der Waals surface area contributed by atoms with Crippen molar-refractivity contribution in [2.75, 3.05) is 6.54 Å². The van der Waals surface area contributed by atoms with Crippen molar-refractivity contribution >= 4 is 0 Å². The fourth-order valence-electron chi connectivity index (χ4n) is 2.06. The summed E-state index contributed by atoms with van der Waals surface area (Å²) in [5, 5.41) is 3.56. The van der Waals surface area contributed by atoms with E-state index in [9.17, 15) is 0 Å². The molecule has 0 aromatic carbocycles. The second kappa shape index (κ2) is 3.14. The van der Waals surface area contributed by atoms with E-state index in [1.54, 1.807) is 0 Å². The van der Waals surface area contributed by atoms with Crippen LogP contribution in [0.5, 0.6) is 0 Å². The van der Waals surface area contributed by atoms with Gasteiger partial charge in [0.25, 0.3) is 0 Å². The van der Waals surface area contributed by atoms with Crippen molar-refractivity contribution in [1.82, 2.24) is 14.9 Å². The van der Waals surface area contributed by atoms with Crippen LogP contribution in [-0.2, 0) is 13.5 Å². The van der Waals surface area contributed by atoms with Gasteiger partial charge in [0, 0.05) is 30.9 Å². The van der Waals surface area contributed by atoms with Gasteiger partial charge in [0.15, 0.2) is 0 Å². The largest absolute Gasteiger partial charge is 0.338 e. The molecular formula is C10H17N3. The number of rotatable bonds is 2. The van der Waals surface area contributed by atoms with Gasteiger partial charge >= 0.3 is 0 Å². The first-order chi connectivity index (χ1) is 6.20. The Kier molecular flexibility index (Phi) is 2.12. The standard InChI is InChI=1S/C10H17N3/c1-10(4-3-5-12-10)6-9-7-11-8-13(9)2/h7-8,12H,3-6H2,1-2H3. The van der Waals surface area contributed by atoms with Crippen LogP contribution in [0.4, 0.5) is 0 Å². The van der Waals surface area contributed by atoms with Gasteiger partial charge in [0.05, 0.1) is 6.33 Å². The smallest absolute Gasteiger partial charge is 0.0945 e. The predicted octanol–water partition coefficient (Wildman–Crippen LogP) is 1.10. The SMILES string of the molecule is Cn1cncc1CC1(C)CCCN1. The highest BCUT2D eigenvalue weighted by Gasteiger charge is 2.28. The minimum Gasteiger partial charge on any atom is -0.338 e. The minimum atomic E-state index is 0.299. The summed E-state index contributed by atoms with van der Waals surface area (Å²) in [6.45, 7) is 3.46. The summed E-state index contributed by atoms with van der Waals surface area (Å²) in [4.78, 5) is 4.13. The Balaban J connectivity index is 2.09. The summed E-state index contributed by atoms with van der Waals surface area (Å²) in [6.07, 6.45) is 7.49. The van der Waals surface area contributed by atoms with Gasteiger partial charge in [0.1, 0.15) is 0 Å². The maximum absolute atomic E-state index is 4.13. The zero-order chi connectivity index (χ0) is 9.31. The Morgan fingerprint density at radius 1 is 1.69 bits per heavy atom. The van der Waals surface area contributed by atoms with Crippen LogP contribution >= 0.6 is 0 Å². The number of hydrogen-bond donors (Lipinski definition) is 1. The molecule has 1 atom stereocenters. The molecule has 0 amide bonds. The van der Waals surface area contributed by atoms with Crippen molar-refractivity contribution in [3.05, 3.63) is 18.2 Å². The first-order valence-electron chi connectivity index (χ1n) is 4.90. The van der Waals surface area contributed by atoms with E-state index in [1.807, 2.05) is 12.5 Å². The van der Waals surface area contributed by atoms with Crippen LogP contribution in [0.3, 0.4) is 0 Å². The van der Waals surface area contributed by atoms with E-state index in [4.69, 9.17) is 0 Å². The molecule has 3 nitrogen and oxygen atoms in total. The first-order valence-corrected chi connectivity index (χ1v) is 4.90. The summed E-state index contributed by atoms with van der Waals surface area (Å²) >= 11 is 0. The molecule has 2 rings (SSSR count). The van der Waals surface area contributed by atoms with E-state index in [1.165, 1.54) is 18.5 Å². The van der Waals surface area contributed by atoms with Crippen molar-refractivity contribution in [2.24, 2.45) is 7.05 Å². The third-order valence-corrected chi connectivity index (χ3v) is 2.94. The molecule has 1 N–H and O–H groups in total. The quantitative estimate of drug-likeness (QED) is 0.737. The Bertz CT molecular complexity index is 284. The topological polar surface area (TPSA) is 29.9 Å². The lowest BCUT2D eigenvalue weighted by atomic mass is 9.94. The van der Waals surface area contributed by atoms with Crippen LogP contribution in [0.1, 0.15) is 25.5 Å². The summed E-state index contributed by atoms with van der Waals surface area (Å²) < 4.78 is 2.10. The maximum Gasteiger partial charge on any atom is 0.0945 e. The van der Waals surface area contributed by atoms with E-state index in [0.29, 0.717) is 5.54 Å². The molecule has 0 saturated carbocycles. The normalized spacial score (nSPS) is 28.2. The van der Waals surface area contributed by atoms with Crippen molar-refractivity contribution in [3.8, 4) is 0 Å². The van der Waals surface area contributed by atoms with Gasteiger partial charge in [-0.1, -0.05) is 0 Å². The molecule has 72 valence electrons. The monoisotopic (exact) mass is 179 g/mol. The minimum absolute atomic E-state index is 0.299. The summed E-state index contributed by atoms with van der Waals surface area (Å²) in [6, 6.07) is 0. The van der Waals surface area contributed by atoms with Crippen LogP contribution in [0, 0.1) is 0 Å². The van der Waals surface area contributed by atoms with E-state index >= 15 is 0 Å². The van der Waals surface area contributed by atoms with Crippen molar-refractivity contribution < 1.29 is 0 Å². The van der Waals surface area contributed by atoms with E-state index < -0.39 is 0 Å². The van der Waals surface area contributed by atoms with Crippen LogP contribution in [-0.4, -0.2) is 21.6 Å². The molecule has 3 heteroatoms. The van der Waals surface area contributed by atoms with Crippen molar-refractivity contribution in [2.45, 2.75) is 31.7 Å². The maximum atomic E-state index is 4.13. The third kappa shape index (κ3) is 1.75. The molecule has 1 unspecified atom stereocenters. The van der Waals surface area contributed by atoms with Crippen molar-refractivity contribution in [3.63, 3.8) is 0 Å². The lowest BCUT2D eigenvalue weighted by Gasteiger charge is -2.24. The Morgan fingerprint density at radius 2 is 2.54 bits per heavy atom. The highest BCUT2D eigenvalue weighted by Crippen LogP contribution is 2.22. The molecular weight excluding hydrogens is 162 g/mol. The van der Waals surface area contributed by atoms with Gasteiger partial charge in [-0.15, -0.1) is 0 Å². The van der Waals surface area contributed by atoms with E-state index in [2.05, 4.69) is 28.8 Å². The highest BCUT2D eigenvalue weighted by atomic mass is 15.0. The van der Waals surface area contributed by atoms with Gasteiger partial charge < -0.3 is 9.88 Å². The Morgan fingerprint density at radius 3 is 3.08 bits per heavy atom. The van der Waals surface area contributed by atoms with Gasteiger partial charge in [-0.3, -0.25) is 0 Å². The van der Waals surface area contributed by atoms with Gasteiger partial charge in [0.2, 0.25) is 0 Å². The lowest BCUT2D eigenvalue weighted by Crippen LogP contribution is -2.38. The molecule has 1 aliphatic heterocycles. The molecule has 0 aliphatic carbocycles. The van der Waals surface area contributed by atoms with Crippen LogP contribution in [0.2, 0.25) is 0 Å².